The number of halogens is 1. The maximum absolute atomic E-state index is 13.4. The predicted molar refractivity (Wildman–Crippen MR) is 128 cm³/mol. The Labute approximate surface area is 185 Å². The summed E-state index contributed by atoms with van der Waals surface area (Å²) in [6.07, 6.45) is 4.04. The summed E-state index contributed by atoms with van der Waals surface area (Å²) in [6, 6.07) is 25.8. The van der Waals surface area contributed by atoms with Gasteiger partial charge in [0, 0.05) is 4.47 Å². The number of carbonyl (C=O) groups is 1. The summed E-state index contributed by atoms with van der Waals surface area (Å²) in [5.74, 6) is -0.116. The number of hydrogen-bond donors (Lipinski definition) is 0. The fraction of sp³-hybridized carbons (Fsp3) is 0.0769. The molecule has 0 radical (unpaired) electrons. The minimum atomic E-state index is -0.116. The van der Waals surface area contributed by atoms with Crippen LogP contribution in [0.2, 0.25) is 0 Å². The van der Waals surface area contributed by atoms with Crippen molar-refractivity contribution in [3.05, 3.63) is 112 Å². The highest BCUT2D eigenvalue weighted by Gasteiger charge is 2.31. The van der Waals surface area contributed by atoms with E-state index in [2.05, 4.69) is 52.2 Å². The van der Waals surface area contributed by atoms with E-state index in [1.807, 2.05) is 73.7 Å². The smallest absolute Gasteiger partial charge is 0.267 e. The van der Waals surface area contributed by atoms with Gasteiger partial charge in [0.15, 0.2) is 0 Å². The molecule has 0 spiro atoms. The van der Waals surface area contributed by atoms with E-state index in [4.69, 9.17) is 0 Å². The van der Waals surface area contributed by atoms with E-state index in [1.54, 1.807) is 0 Å². The molecule has 30 heavy (non-hydrogen) atoms. The van der Waals surface area contributed by atoms with E-state index in [0.717, 1.165) is 26.9 Å². The van der Waals surface area contributed by atoms with Crippen LogP contribution in [0, 0.1) is 6.92 Å². The zero-order valence-electron chi connectivity index (χ0n) is 16.8. The summed E-state index contributed by atoms with van der Waals surface area (Å²) in [5, 5.41) is 6.03. The SMILES string of the molecule is CC1=NN(c2ccccc2)C(=O)C1=C(/C=C/c1ccc(Br)cc1)c1ccc(C)cc1. The number of aryl methyl sites for hydroxylation is 1. The molecule has 4 rings (SSSR count). The van der Waals surface area contributed by atoms with Crippen LogP contribution in [0.3, 0.4) is 0 Å². The molecule has 0 atom stereocenters. The van der Waals surface area contributed by atoms with Crippen LogP contribution in [0.5, 0.6) is 0 Å². The van der Waals surface area contributed by atoms with E-state index in [-0.39, 0.29) is 5.91 Å². The first-order chi connectivity index (χ1) is 14.5. The molecular formula is C26H21BrN2O. The summed E-state index contributed by atoms with van der Waals surface area (Å²) in [4.78, 5) is 13.4. The highest BCUT2D eigenvalue weighted by Crippen LogP contribution is 2.30. The van der Waals surface area contributed by atoms with E-state index in [0.29, 0.717) is 11.3 Å². The van der Waals surface area contributed by atoms with E-state index >= 15 is 0 Å². The summed E-state index contributed by atoms with van der Waals surface area (Å²) < 4.78 is 1.03. The van der Waals surface area contributed by atoms with Crippen LogP contribution in [0.15, 0.2) is 100 Å². The van der Waals surface area contributed by atoms with Gasteiger partial charge in [-0.2, -0.15) is 10.1 Å². The lowest BCUT2D eigenvalue weighted by Crippen LogP contribution is -2.21. The van der Waals surface area contributed by atoms with Crippen LogP contribution >= 0.6 is 15.9 Å². The van der Waals surface area contributed by atoms with Gasteiger partial charge >= 0.3 is 0 Å². The molecule has 3 nitrogen and oxygen atoms in total. The molecule has 1 heterocycles. The van der Waals surface area contributed by atoms with E-state index in [1.165, 1.54) is 10.6 Å². The van der Waals surface area contributed by atoms with Crippen LogP contribution in [-0.2, 0) is 4.79 Å². The summed E-state index contributed by atoms with van der Waals surface area (Å²) >= 11 is 3.47. The lowest BCUT2D eigenvalue weighted by atomic mass is 9.95. The molecule has 0 unspecified atom stereocenters. The van der Waals surface area contributed by atoms with Crippen LogP contribution < -0.4 is 5.01 Å². The average molecular weight is 457 g/mol. The molecular weight excluding hydrogens is 436 g/mol. The third-order valence-electron chi connectivity index (χ3n) is 4.96. The molecule has 3 aromatic rings. The van der Waals surface area contributed by atoms with Crippen molar-refractivity contribution in [1.29, 1.82) is 0 Å². The minimum Gasteiger partial charge on any atom is -0.267 e. The molecule has 0 N–H and O–H groups in total. The lowest BCUT2D eigenvalue weighted by Gasteiger charge is -2.13. The quantitative estimate of drug-likeness (QED) is 0.404. The monoisotopic (exact) mass is 456 g/mol. The third kappa shape index (κ3) is 4.19. The molecule has 3 aromatic carbocycles. The molecule has 1 aliphatic rings. The second kappa shape index (κ2) is 8.64. The van der Waals surface area contributed by atoms with Crippen molar-refractivity contribution in [2.24, 2.45) is 5.10 Å². The van der Waals surface area contributed by atoms with Gasteiger partial charge in [0.2, 0.25) is 0 Å². The van der Waals surface area contributed by atoms with Crippen molar-refractivity contribution >= 4 is 44.9 Å². The maximum Gasteiger partial charge on any atom is 0.281 e. The largest absolute Gasteiger partial charge is 0.281 e. The van der Waals surface area contributed by atoms with Gasteiger partial charge in [0.25, 0.3) is 5.91 Å². The number of benzene rings is 3. The molecule has 0 bridgehead atoms. The molecule has 0 saturated heterocycles. The topological polar surface area (TPSA) is 32.7 Å². The van der Waals surface area contributed by atoms with E-state index in [9.17, 15) is 4.79 Å². The molecule has 0 fully saturated rings. The van der Waals surface area contributed by atoms with E-state index < -0.39 is 0 Å². The zero-order chi connectivity index (χ0) is 21.1. The molecule has 0 aliphatic carbocycles. The number of hydrogen-bond acceptors (Lipinski definition) is 2. The molecule has 148 valence electrons. The highest BCUT2D eigenvalue weighted by atomic mass is 79.9. The first-order valence-electron chi connectivity index (χ1n) is 9.73. The van der Waals surface area contributed by atoms with Crippen molar-refractivity contribution in [2.45, 2.75) is 13.8 Å². The second-order valence-electron chi connectivity index (χ2n) is 7.18. The summed E-state index contributed by atoms with van der Waals surface area (Å²) in [5.41, 5.74) is 6.18. The molecule has 1 amide bonds. The fourth-order valence-electron chi connectivity index (χ4n) is 3.37. The van der Waals surface area contributed by atoms with Gasteiger partial charge in [0.1, 0.15) is 0 Å². The number of allylic oxidation sites excluding steroid dienone is 2. The number of hydrazone groups is 1. The van der Waals surface area contributed by atoms with Gasteiger partial charge in [-0.1, -0.05) is 88.2 Å². The van der Waals surface area contributed by atoms with Crippen LogP contribution in [0.1, 0.15) is 23.6 Å². The van der Waals surface area contributed by atoms with Gasteiger partial charge in [0.05, 0.1) is 17.0 Å². The van der Waals surface area contributed by atoms with Crippen molar-refractivity contribution in [1.82, 2.24) is 0 Å². The summed E-state index contributed by atoms with van der Waals surface area (Å²) in [6.45, 7) is 3.94. The lowest BCUT2D eigenvalue weighted by molar-refractivity contribution is -0.114. The van der Waals surface area contributed by atoms with Crippen molar-refractivity contribution in [3.8, 4) is 0 Å². The Kier molecular flexibility index (Phi) is 5.77. The standard InChI is InChI=1S/C26H21BrN2O/c1-18-8-13-21(14-9-18)24(17-12-20-10-15-22(27)16-11-20)25-19(2)28-29(26(25)30)23-6-4-3-5-7-23/h3-17H,1-2H3/b17-12+,25-24?. The fourth-order valence-corrected chi connectivity index (χ4v) is 3.64. The number of carbonyl (C=O) groups excluding carboxylic acids is 1. The Hall–Kier alpha value is -3.24. The molecule has 0 saturated carbocycles. The number of para-hydroxylation sites is 1. The zero-order valence-corrected chi connectivity index (χ0v) is 18.4. The van der Waals surface area contributed by atoms with Gasteiger partial charge in [-0.3, -0.25) is 4.79 Å². The van der Waals surface area contributed by atoms with Crippen molar-refractivity contribution in [3.63, 3.8) is 0 Å². The Bertz CT molecular complexity index is 1160. The van der Waals surface area contributed by atoms with Crippen molar-refractivity contribution < 1.29 is 4.79 Å². The Morgan fingerprint density at radius 1 is 0.900 bits per heavy atom. The first kappa shape index (κ1) is 20.0. The Morgan fingerprint density at radius 2 is 1.57 bits per heavy atom. The highest BCUT2D eigenvalue weighted by molar-refractivity contribution is 9.10. The van der Waals surface area contributed by atoms with Crippen molar-refractivity contribution in [2.75, 3.05) is 5.01 Å². The normalized spacial score (nSPS) is 15.6. The van der Waals surface area contributed by atoms with Gasteiger partial charge in [-0.25, -0.2) is 0 Å². The van der Waals surface area contributed by atoms with Gasteiger partial charge in [-0.15, -0.1) is 0 Å². The van der Waals surface area contributed by atoms with Crippen LogP contribution in [0.25, 0.3) is 11.6 Å². The second-order valence-corrected chi connectivity index (χ2v) is 8.09. The van der Waals surface area contributed by atoms with Crippen LogP contribution in [-0.4, -0.2) is 11.6 Å². The first-order valence-corrected chi connectivity index (χ1v) is 10.5. The number of nitrogens with zero attached hydrogens (tertiary/aromatic N) is 2. The molecule has 4 heteroatoms. The Balaban J connectivity index is 1.81. The summed E-state index contributed by atoms with van der Waals surface area (Å²) in [7, 11) is 0. The van der Waals surface area contributed by atoms with Gasteiger partial charge in [-0.05, 0) is 54.8 Å². The predicted octanol–water partition coefficient (Wildman–Crippen LogP) is 6.65. The number of amides is 1. The number of anilines is 1. The average Bonchev–Trinajstić information content (AvgIpc) is 3.06. The minimum absolute atomic E-state index is 0.116. The third-order valence-corrected chi connectivity index (χ3v) is 5.49. The number of rotatable bonds is 4. The van der Waals surface area contributed by atoms with Gasteiger partial charge < -0.3 is 0 Å². The van der Waals surface area contributed by atoms with Crippen LogP contribution in [0.4, 0.5) is 5.69 Å². The molecule has 1 aliphatic heterocycles. The maximum atomic E-state index is 13.4. The molecule has 0 aromatic heterocycles. The Morgan fingerprint density at radius 3 is 2.23 bits per heavy atom.